The lowest BCUT2D eigenvalue weighted by molar-refractivity contribution is 0.0901. The summed E-state index contributed by atoms with van der Waals surface area (Å²) < 4.78 is 5.13. The molecule has 1 rings (SSSR count). The van der Waals surface area contributed by atoms with E-state index < -0.39 is 0 Å². The van der Waals surface area contributed by atoms with Crippen molar-refractivity contribution in [2.75, 3.05) is 13.7 Å². The van der Waals surface area contributed by atoms with Crippen LogP contribution in [0.4, 0.5) is 0 Å². The Hall–Kier alpha value is -1.55. The largest absolute Gasteiger partial charge is 0.497 e. The monoisotopic (exact) mass is 279 g/mol. The summed E-state index contributed by atoms with van der Waals surface area (Å²) >= 11 is 0. The summed E-state index contributed by atoms with van der Waals surface area (Å²) in [4.78, 5) is 12.2. The number of aryl methyl sites for hydroxylation is 1. The molecule has 4 nitrogen and oxygen atoms in total. The molecule has 0 bridgehead atoms. The number of carbonyl (C=O) groups excluding carboxylic acids is 1. The van der Waals surface area contributed by atoms with Gasteiger partial charge in [0.1, 0.15) is 5.75 Å². The fraction of sp³-hybridized carbons (Fsp3) is 0.562. The van der Waals surface area contributed by atoms with Crippen molar-refractivity contribution in [1.82, 2.24) is 5.32 Å². The second-order valence-corrected chi connectivity index (χ2v) is 6.08. The zero-order valence-corrected chi connectivity index (χ0v) is 13.0. The van der Waals surface area contributed by atoms with Gasteiger partial charge in [-0.25, -0.2) is 0 Å². The van der Waals surface area contributed by atoms with E-state index in [4.69, 9.17) is 4.74 Å². The number of aliphatic hydroxyl groups excluding tert-OH is 1. The van der Waals surface area contributed by atoms with Gasteiger partial charge in [-0.3, -0.25) is 4.79 Å². The highest BCUT2D eigenvalue weighted by Gasteiger charge is 2.21. The number of carbonyl (C=O) groups is 1. The van der Waals surface area contributed by atoms with Crippen LogP contribution >= 0.6 is 0 Å². The van der Waals surface area contributed by atoms with Gasteiger partial charge >= 0.3 is 0 Å². The highest BCUT2D eigenvalue weighted by molar-refractivity contribution is 5.95. The first-order valence-electron chi connectivity index (χ1n) is 6.86. The minimum Gasteiger partial charge on any atom is -0.497 e. The predicted octanol–water partition coefficient (Wildman–Crippen LogP) is 2.53. The van der Waals surface area contributed by atoms with Gasteiger partial charge in [0.2, 0.25) is 0 Å². The molecule has 0 radical (unpaired) electrons. The van der Waals surface area contributed by atoms with E-state index in [0.717, 1.165) is 11.3 Å². The maximum Gasteiger partial charge on any atom is 0.251 e. The van der Waals surface area contributed by atoms with Crippen molar-refractivity contribution in [3.05, 3.63) is 29.3 Å². The molecule has 0 fully saturated rings. The molecule has 0 aliphatic heterocycles. The van der Waals surface area contributed by atoms with E-state index in [1.54, 1.807) is 26.2 Å². The molecule has 0 aliphatic carbocycles. The summed E-state index contributed by atoms with van der Waals surface area (Å²) in [7, 11) is 1.60. The predicted molar refractivity (Wildman–Crippen MR) is 80.1 cm³/mol. The van der Waals surface area contributed by atoms with Gasteiger partial charge in [0.25, 0.3) is 5.91 Å². The summed E-state index contributed by atoms with van der Waals surface area (Å²) in [5, 5.41) is 12.4. The third kappa shape index (κ3) is 4.85. The van der Waals surface area contributed by atoms with Crippen molar-refractivity contribution < 1.29 is 14.6 Å². The van der Waals surface area contributed by atoms with Crippen molar-refractivity contribution in [1.29, 1.82) is 0 Å². The van der Waals surface area contributed by atoms with Gasteiger partial charge in [-0.05, 0) is 49.4 Å². The fourth-order valence-corrected chi connectivity index (χ4v) is 2.30. The smallest absolute Gasteiger partial charge is 0.251 e. The van der Waals surface area contributed by atoms with Crippen LogP contribution in [0.5, 0.6) is 5.75 Å². The topological polar surface area (TPSA) is 58.6 Å². The summed E-state index contributed by atoms with van der Waals surface area (Å²) in [5.74, 6) is 0.650. The Morgan fingerprint density at radius 3 is 2.60 bits per heavy atom. The molecule has 0 spiro atoms. The lowest BCUT2D eigenvalue weighted by Crippen LogP contribution is -2.36. The van der Waals surface area contributed by atoms with Crippen LogP contribution in [0.2, 0.25) is 0 Å². The lowest BCUT2D eigenvalue weighted by Gasteiger charge is -2.26. The third-order valence-electron chi connectivity index (χ3n) is 3.25. The van der Waals surface area contributed by atoms with Gasteiger partial charge in [0, 0.05) is 12.1 Å². The summed E-state index contributed by atoms with van der Waals surface area (Å²) in [5.41, 5.74) is 1.40. The molecule has 1 unspecified atom stereocenters. The normalized spacial score (nSPS) is 12.9. The molecule has 0 aliphatic rings. The zero-order chi connectivity index (χ0) is 15.3. The van der Waals surface area contributed by atoms with Gasteiger partial charge in [-0.1, -0.05) is 13.8 Å². The Labute approximate surface area is 121 Å². The number of methoxy groups -OCH3 is 1. The average molecular weight is 279 g/mol. The van der Waals surface area contributed by atoms with Crippen LogP contribution in [0.3, 0.4) is 0 Å². The van der Waals surface area contributed by atoms with Crippen LogP contribution in [0.15, 0.2) is 18.2 Å². The molecular weight excluding hydrogens is 254 g/mol. The number of hydrogen-bond acceptors (Lipinski definition) is 3. The molecule has 4 heteroatoms. The van der Waals surface area contributed by atoms with E-state index in [0.29, 0.717) is 18.5 Å². The maximum atomic E-state index is 12.2. The molecule has 1 atom stereocenters. The Bertz CT molecular complexity index is 467. The van der Waals surface area contributed by atoms with Crippen molar-refractivity contribution in [3.8, 4) is 5.75 Å². The Balaban J connectivity index is 2.68. The maximum absolute atomic E-state index is 12.2. The summed E-state index contributed by atoms with van der Waals surface area (Å²) in [6, 6.07) is 5.39. The van der Waals surface area contributed by atoms with Crippen LogP contribution < -0.4 is 10.1 Å². The molecule has 2 N–H and O–H groups in total. The van der Waals surface area contributed by atoms with E-state index in [1.165, 1.54) is 0 Å². The van der Waals surface area contributed by atoms with Gasteiger partial charge in [-0.2, -0.15) is 0 Å². The van der Waals surface area contributed by atoms with Crippen molar-refractivity contribution >= 4 is 5.91 Å². The molecule has 20 heavy (non-hydrogen) atoms. The number of amides is 1. The summed E-state index contributed by atoms with van der Waals surface area (Å²) in [6.45, 7) is 8.24. The molecule has 1 amide bonds. The minimum atomic E-state index is -0.371. The zero-order valence-electron chi connectivity index (χ0n) is 13.0. The molecule has 1 aromatic rings. The molecule has 0 aromatic heterocycles. The number of hydrogen-bond donors (Lipinski definition) is 2. The number of ether oxygens (including phenoxy) is 1. The van der Waals surface area contributed by atoms with E-state index >= 15 is 0 Å². The Morgan fingerprint density at radius 2 is 2.10 bits per heavy atom. The first kappa shape index (κ1) is 16.5. The quantitative estimate of drug-likeness (QED) is 0.841. The number of aliphatic hydroxyl groups is 1. The number of benzene rings is 1. The van der Waals surface area contributed by atoms with Crippen LogP contribution in [0.1, 0.15) is 43.1 Å². The molecule has 112 valence electrons. The second kappa shape index (κ2) is 6.75. The second-order valence-electron chi connectivity index (χ2n) is 6.08. The summed E-state index contributed by atoms with van der Waals surface area (Å²) in [6.07, 6.45) is 0.277. The van der Waals surface area contributed by atoms with Crippen LogP contribution in [0.25, 0.3) is 0 Å². The average Bonchev–Trinajstić information content (AvgIpc) is 2.34. The minimum absolute atomic E-state index is 0.0937. The third-order valence-corrected chi connectivity index (χ3v) is 3.25. The van der Waals surface area contributed by atoms with Crippen LogP contribution in [0, 0.1) is 12.3 Å². The van der Waals surface area contributed by atoms with Crippen molar-refractivity contribution in [3.63, 3.8) is 0 Å². The van der Waals surface area contributed by atoms with E-state index in [9.17, 15) is 9.90 Å². The van der Waals surface area contributed by atoms with E-state index in [-0.39, 0.29) is 17.4 Å². The van der Waals surface area contributed by atoms with Crippen LogP contribution in [-0.2, 0) is 0 Å². The van der Waals surface area contributed by atoms with Crippen molar-refractivity contribution in [2.24, 2.45) is 5.41 Å². The first-order valence-corrected chi connectivity index (χ1v) is 6.86. The molecule has 0 saturated heterocycles. The highest BCUT2D eigenvalue weighted by Crippen LogP contribution is 2.22. The Kier molecular flexibility index (Phi) is 5.57. The first-order chi connectivity index (χ1) is 9.25. The van der Waals surface area contributed by atoms with Crippen molar-refractivity contribution in [2.45, 2.75) is 40.2 Å². The van der Waals surface area contributed by atoms with Gasteiger partial charge < -0.3 is 15.2 Å². The van der Waals surface area contributed by atoms with Crippen LogP contribution in [-0.4, -0.2) is 30.8 Å². The molecule has 0 heterocycles. The standard InChI is InChI=1S/C16H25NO3/c1-11-8-13(20-5)6-7-14(11)15(19)17-10-16(3,4)9-12(2)18/h6-8,12,18H,9-10H2,1-5H3,(H,17,19). The molecule has 0 saturated carbocycles. The highest BCUT2D eigenvalue weighted by atomic mass is 16.5. The number of nitrogens with one attached hydrogen (secondary N) is 1. The number of rotatable bonds is 6. The van der Waals surface area contributed by atoms with Gasteiger partial charge in [-0.15, -0.1) is 0 Å². The van der Waals surface area contributed by atoms with Gasteiger partial charge in [0.05, 0.1) is 13.2 Å². The molecule has 1 aromatic carbocycles. The SMILES string of the molecule is COc1ccc(C(=O)NCC(C)(C)CC(C)O)c(C)c1. The van der Waals surface area contributed by atoms with Gasteiger partial charge in [0.15, 0.2) is 0 Å². The van der Waals surface area contributed by atoms with E-state index in [2.05, 4.69) is 5.32 Å². The van der Waals surface area contributed by atoms with E-state index in [1.807, 2.05) is 26.8 Å². The molecular formula is C16H25NO3. The fourth-order valence-electron chi connectivity index (χ4n) is 2.30. The Morgan fingerprint density at radius 1 is 1.45 bits per heavy atom. The lowest BCUT2D eigenvalue weighted by atomic mass is 9.87.